The minimum Gasteiger partial charge on any atom is -0.493 e. The zero-order valence-electron chi connectivity index (χ0n) is 18.7. The highest BCUT2D eigenvalue weighted by Crippen LogP contribution is 2.38. The van der Waals surface area contributed by atoms with E-state index in [1.165, 1.54) is 6.20 Å². The van der Waals surface area contributed by atoms with E-state index in [0.717, 1.165) is 25.7 Å². The summed E-state index contributed by atoms with van der Waals surface area (Å²) in [5.41, 5.74) is 2.46. The van der Waals surface area contributed by atoms with Crippen molar-refractivity contribution in [3.63, 3.8) is 0 Å². The van der Waals surface area contributed by atoms with Crippen molar-refractivity contribution in [2.75, 3.05) is 11.9 Å². The zero-order chi connectivity index (χ0) is 23.7. The number of aromatic nitrogens is 5. The highest BCUT2D eigenvalue weighted by Gasteiger charge is 2.28. The van der Waals surface area contributed by atoms with Gasteiger partial charge in [0.2, 0.25) is 0 Å². The molecule has 1 fully saturated rings. The average Bonchev–Trinajstić information content (AvgIpc) is 3.45. The number of ether oxygens (including phenoxy) is 1. The number of aliphatic hydroxyl groups excluding tert-OH is 1. The van der Waals surface area contributed by atoms with Gasteiger partial charge in [-0.25, -0.2) is 9.50 Å². The maximum atomic E-state index is 13.3. The molecule has 0 spiro atoms. The average molecular weight is 481 g/mol. The minimum atomic E-state index is -0.500. The number of halogens is 1. The van der Waals surface area contributed by atoms with Crippen molar-refractivity contribution in [2.24, 2.45) is 0 Å². The summed E-state index contributed by atoms with van der Waals surface area (Å²) in [5.74, 6) is 0.244. The second kappa shape index (κ2) is 9.44. The van der Waals surface area contributed by atoms with Gasteiger partial charge < -0.3 is 15.2 Å². The van der Waals surface area contributed by atoms with E-state index in [0.29, 0.717) is 45.5 Å². The Morgan fingerprint density at radius 1 is 1.32 bits per heavy atom. The van der Waals surface area contributed by atoms with Crippen molar-refractivity contribution in [1.82, 2.24) is 24.4 Å². The first-order valence-corrected chi connectivity index (χ1v) is 11.7. The second-order valence-electron chi connectivity index (χ2n) is 8.26. The first-order valence-electron chi connectivity index (χ1n) is 11.3. The minimum absolute atomic E-state index is 0.175. The lowest BCUT2D eigenvalue weighted by Gasteiger charge is -2.27. The van der Waals surface area contributed by atoms with Crippen LogP contribution in [0.3, 0.4) is 0 Å². The molecule has 1 aliphatic rings. The number of amides is 1. The summed E-state index contributed by atoms with van der Waals surface area (Å²) in [5, 5.41) is 23.1. The van der Waals surface area contributed by atoms with Crippen LogP contribution < -0.4 is 10.1 Å². The van der Waals surface area contributed by atoms with Crippen molar-refractivity contribution in [3.8, 4) is 17.0 Å². The first-order chi connectivity index (χ1) is 16.5. The molecule has 176 valence electrons. The Kier molecular flexibility index (Phi) is 6.21. The molecule has 0 bridgehead atoms. The summed E-state index contributed by atoms with van der Waals surface area (Å²) in [6.07, 6.45) is 9.61. The van der Waals surface area contributed by atoms with Gasteiger partial charge in [-0.05, 0) is 44.0 Å². The van der Waals surface area contributed by atoms with Gasteiger partial charge in [0.25, 0.3) is 5.91 Å². The first kappa shape index (κ1) is 22.4. The number of nitrogens with zero attached hydrogens (tertiary/aromatic N) is 5. The van der Waals surface area contributed by atoms with Gasteiger partial charge in [0.05, 0.1) is 30.6 Å². The van der Waals surface area contributed by atoms with Gasteiger partial charge in [0.1, 0.15) is 17.0 Å². The van der Waals surface area contributed by atoms with E-state index in [2.05, 4.69) is 15.4 Å². The molecule has 0 radical (unpaired) electrons. The van der Waals surface area contributed by atoms with Gasteiger partial charge in [-0.3, -0.25) is 9.48 Å². The van der Waals surface area contributed by atoms with Crippen LogP contribution in [0.4, 0.5) is 5.69 Å². The highest BCUT2D eigenvalue weighted by atomic mass is 35.5. The van der Waals surface area contributed by atoms with Crippen LogP contribution >= 0.6 is 11.6 Å². The largest absolute Gasteiger partial charge is 0.493 e. The van der Waals surface area contributed by atoms with Gasteiger partial charge in [0, 0.05) is 29.2 Å². The van der Waals surface area contributed by atoms with E-state index in [9.17, 15) is 9.90 Å². The van der Waals surface area contributed by atoms with Crippen LogP contribution in [0, 0.1) is 0 Å². The van der Waals surface area contributed by atoms with Gasteiger partial charge in [0.15, 0.2) is 5.65 Å². The van der Waals surface area contributed by atoms with Gasteiger partial charge in [-0.1, -0.05) is 24.4 Å². The van der Waals surface area contributed by atoms with Crippen molar-refractivity contribution in [1.29, 1.82) is 0 Å². The molecule has 0 aliphatic heterocycles. The monoisotopic (exact) mass is 480 g/mol. The Morgan fingerprint density at radius 2 is 2.18 bits per heavy atom. The molecule has 5 rings (SSSR count). The number of anilines is 1. The number of nitrogens with one attached hydrogen (secondary N) is 1. The van der Waals surface area contributed by atoms with Crippen molar-refractivity contribution in [2.45, 2.75) is 44.8 Å². The Morgan fingerprint density at radius 3 is 3.00 bits per heavy atom. The molecule has 1 aliphatic carbocycles. The van der Waals surface area contributed by atoms with E-state index in [-0.39, 0.29) is 11.9 Å². The number of fused-ring (bicyclic) bond motifs is 1. The Labute approximate surface area is 201 Å². The van der Waals surface area contributed by atoms with E-state index < -0.39 is 6.10 Å². The van der Waals surface area contributed by atoms with Crippen LogP contribution in [-0.4, -0.2) is 48.1 Å². The molecule has 3 heterocycles. The van der Waals surface area contributed by atoms with E-state index in [1.807, 2.05) is 6.92 Å². The van der Waals surface area contributed by atoms with Crippen molar-refractivity contribution < 1.29 is 14.6 Å². The molecule has 1 amide bonds. The van der Waals surface area contributed by atoms with Crippen LogP contribution in [0.5, 0.6) is 5.75 Å². The fourth-order valence-electron chi connectivity index (χ4n) is 4.40. The standard InChI is InChI=1S/C24H25ClN6O3/c1-2-34-21-9-8-15(25)12-16(21)22-18(14-31(29-22)19-6-3-4-7-20(19)32)28-24(33)17-13-27-30-11-5-10-26-23(17)30/h5,8-14,19-20,32H,2-4,6-7H2,1H3,(H,28,33)/t19-,20-/m1/s1. The lowest BCUT2D eigenvalue weighted by atomic mass is 9.93. The van der Waals surface area contributed by atoms with E-state index >= 15 is 0 Å². The Balaban J connectivity index is 1.58. The number of carbonyl (C=O) groups excluding carboxylic acids is 1. The van der Waals surface area contributed by atoms with Crippen LogP contribution in [0.25, 0.3) is 16.9 Å². The van der Waals surface area contributed by atoms with Crippen molar-refractivity contribution in [3.05, 3.63) is 59.6 Å². The quantitative estimate of drug-likeness (QED) is 0.424. The highest BCUT2D eigenvalue weighted by molar-refractivity contribution is 6.31. The summed E-state index contributed by atoms with van der Waals surface area (Å²) < 4.78 is 9.11. The molecule has 0 saturated heterocycles. The molecular weight excluding hydrogens is 456 g/mol. The van der Waals surface area contributed by atoms with Crippen LogP contribution in [-0.2, 0) is 0 Å². The summed E-state index contributed by atoms with van der Waals surface area (Å²) in [7, 11) is 0. The molecule has 0 unspecified atom stereocenters. The van der Waals surface area contributed by atoms with E-state index in [4.69, 9.17) is 21.4 Å². The van der Waals surface area contributed by atoms with Crippen LogP contribution in [0.2, 0.25) is 5.02 Å². The third-order valence-electron chi connectivity index (χ3n) is 6.03. The SMILES string of the molecule is CCOc1ccc(Cl)cc1-c1nn([C@@H]2CCCC[C@H]2O)cc1NC(=O)c1cnn2cccnc12. The van der Waals surface area contributed by atoms with Crippen LogP contribution in [0.1, 0.15) is 49.0 Å². The second-order valence-corrected chi connectivity index (χ2v) is 8.70. The Hall–Kier alpha value is -3.43. The predicted molar refractivity (Wildman–Crippen MR) is 128 cm³/mol. The molecule has 2 N–H and O–H groups in total. The molecular formula is C24H25ClN6O3. The predicted octanol–water partition coefficient (Wildman–Crippen LogP) is 4.37. The Bertz CT molecular complexity index is 1330. The fourth-order valence-corrected chi connectivity index (χ4v) is 4.57. The molecule has 2 atom stereocenters. The topological polar surface area (TPSA) is 107 Å². The molecule has 1 aromatic carbocycles. The number of benzene rings is 1. The number of rotatable bonds is 6. The third kappa shape index (κ3) is 4.24. The number of aliphatic hydroxyl groups is 1. The molecule has 4 aromatic rings. The van der Waals surface area contributed by atoms with Gasteiger partial charge in [-0.15, -0.1) is 0 Å². The van der Waals surface area contributed by atoms with E-state index in [1.54, 1.807) is 52.1 Å². The van der Waals surface area contributed by atoms with Crippen molar-refractivity contribution >= 4 is 28.8 Å². The summed E-state index contributed by atoms with van der Waals surface area (Å²) in [6.45, 7) is 2.36. The molecule has 3 aromatic heterocycles. The molecule has 1 saturated carbocycles. The smallest absolute Gasteiger partial charge is 0.261 e. The molecule has 10 heteroatoms. The lowest BCUT2D eigenvalue weighted by molar-refractivity contribution is 0.0696. The summed E-state index contributed by atoms with van der Waals surface area (Å²) >= 11 is 6.31. The number of carbonyl (C=O) groups is 1. The number of hydrogen-bond acceptors (Lipinski definition) is 6. The van der Waals surface area contributed by atoms with Crippen LogP contribution in [0.15, 0.2) is 49.1 Å². The van der Waals surface area contributed by atoms with Gasteiger partial charge in [-0.2, -0.15) is 10.2 Å². The van der Waals surface area contributed by atoms with Gasteiger partial charge >= 0.3 is 0 Å². The lowest BCUT2D eigenvalue weighted by Crippen LogP contribution is -2.27. The fraction of sp³-hybridized carbons (Fsp3) is 0.333. The molecule has 34 heavy (non-hydrogen) atoms. The normalized spacial score (nSPS) is 18.2. The maximum Gasteiger partial charge on any atom is 0.261 e. The molecule has 9 nitrogen and oxygen atoms in total. The maximum absolute atomic E-state index is 13.3. The third-order valence-corrected chi connectivity index (χ3v) is 6.27. The number of hydrogen-bond donors (Lipinski definition) is 2. The summed E-state index contributed by atoms with van der Waals surface area (Å²) in [6, 6.07) is 6.88. The summed E-state index contributed by atoms with van der Waals surface area (Å²) in [4.78, 5) is 17.5. The zero-order valence-corrected chi connectivity index (χ0v) is 19.4.